The van der Waals surface area contributed by atoms with Gasteiger partial charge < -0.3 is 14.9 Å². The number of likely N-dealkylation sites (N-methyl/N-ethyl adjacent to an activating group) is 1. The van der Waals surface area contributed by atoms with Gasteiger partial charge in [-0.15, -0.1) is 11.6 Å². The largest absolute Gasteiger partial charge is 0.507 e. The molecular formula is C17H21ClN2O. The third kappa shape index (κ3) is 2.20. The maximum Gasteiger partial charge on any atom is 0.125 e. The van der Waals surface area contributed by atoms with Crippen molar-refractivity contribution in [2.45, 2.75) is 18.2 Å². The van der Waals surface area contributed by atoms with Gasteiger partial charge in [0, 0.05) is 61.8 Å². The van der Waals surface area contributed by atoms with E-state index in [-0.39, 0.29) is 11.3 Å². The molecule has 0 aromatic heterocycles. The highest BCUT2D eigenvalue weighted by atomic mass is 35.5. The molecule has 0 saturated heterocycles. The quantitative estimate of drug-likeness (QED) is 0.856. The topological polar surface area (TPSA) is 26.7 Å². The van der Waals surface area contributed by atoms with E-state index >= 15 is 0 Å². The number of benzene rings is 2. The molecule has 3 nitrogen and oxygen atoms in total. The molecule has 2 atom stereocenters. The zero-order valence-electron chi connectivity index (χ0n) is 12.9. The number of phenolic OH excluding ortho intramolecular Hbond substituents is 1. The van der Waals surface area contributed by atoms with Crippen molar-refractivity contribution < 1.29 is 5.11 Å². The van der Waals surface area contributed by atoms with Crippen LogP contribution in [0, 0.1) is 0 Å². The highest BCUT2D eigenvalue weighted by molar-refractivity contribution is 6.21. The number of halogens is 1. The summed E-state index contributed by atoms with van der Waals surface area (Å²) in [5.41, 5.74) is 3.48. The molecule has 0 spiro atoms. The second-order valence-corrected chi connectivity index (χ2v) is 6.81. The van der Waals surface area contributed by atoms with Gasteiger partial charge in [0.15, 0.2) is 0 Å². The number of aromatic hydroxyl groups is 1. The molecule has 0 saturated carbocycles. The second-order valence-electron chi connectivity index (χ2n) is 6.12. The van der Waals surface area contributed by atoms with Crippen LogP contribution < -0.4 is 9.80 Å². The van der Waals surface area contributed by atoms with Gasteiger partial charge >= 0.3 is 0 Å². The molecule has 4 heteroatoms. The SMILES string of the molecule is CC(Cl)C1CN(C)c2cc(O)c3ccc(N(C)C)cc3c21. The minimum atomic E-state index is 0.0597. The molecule has 1 aliphatic rings. The van der Waals surface area contributed by atoms with Gasteiger partial charge in [-0.2, -0.15) is 0 Å². The molecule has 3 rings (SSSR count). The Bertz CT molecular complexity index is 697. The van der Waals surface area contributed by atoms with Crippen molar-refractivity contribution in [2.75, 3.05) is 37.5 Å². The number of anilines is 2. The molecule has 1 N–H and O–H groups in total. The summed E-state index contributed by atoms with van der Waals surface area (Å²) in [6, 6.07) is 8.05. The Balaban J connectivity index is 2.34. The van der Waals surface area contributed by atoms with Crippen molar-refractivity contribution in [3.63, 3.8) is 0 Å². The third-order valence-corrected chi connectivity index (χ3v) is 4.75. The molecule has 112 valence electrons. The first kappa shape index (κ1) is 14.3. The molecular weight excluding hydrogens is 284 g/mol. The fourth-order valence-electron chi connectivity index (χ4n) is 3.24. The van der Waals surface area contributed by atoms with Crippen molar-refractivity contribution >= 4 is 33.7 Å². The number of hydrogen-bond acceptors (Lipinski definition) is 3. The fourth-order valence-corrected chi connectivity index (χ4v) is 3.45. The molecule has 2 aromatic carbocycles. The summed E-state index contributed by atoms with van der Waals surface area (Å²) >= 11 is 6.42. The van der Waals surface area contributed by atoms with Crippen molar-refractivity contribution in [3.8, 4) is 5.75 Å². The first-order chi connectivity index (χ1) is 9.90. The average Bonchev–Trinajstić information content (AvgIpc) is 2.76. The molecule has 0 aliphatic carbocycles. The number of phenols is 1. The Morgan fingerprint density at radius 3 is 2.62 bits per heavy atom. The molecule has 2 unspecified atom stereocenters. The van der Waals surface area contributed by atoms with E-state index in [1.54, 1.807) is 0 Å². The Morgan fingerprint density at radius 2 is 2.00 bits per heavy atom. The van der Waals surface area contributed by atoms with Crippen LogP contribution in [0.1, 0.15) is 18.4 Å². The Morgan fingerprint density at radius 1 is 1.29 bits per heavy atom. The van der Waals surface area contributed by atoms with Crippen LogP contribution >= 0.6 is 11.6 Å². The van der Waals surface area contributed by atoms with Gasteiger partial charge in [0.05, 0.1) is 0 Å². The summed E-state index contributed by atoms with van der Waals surface area (Å²) in [5.74, 6) is 0.621. The molecule has 0 fully saturated rings. The molecule has 0 amide bonds. The van der Waals surface area contributed by atoms with Crippen LogP contribution in [0.15, 0.2) is 24.3 Å². The van der Waals surface area contributed by atoms with Crippen LogP contribution in [0.25, 0.3) is 10.8 Å². The van der Waals surface area contributed by atoms with E-state index in [2.05, 4.69) is 22.9 Å². The monoisotopic (exact) mass is 304 g/mol. The number of alkyl halides is 1. The average molecular weight is 305 g/mol. The van der Waals surface area contributed by atoms with Crippen LogP contribution in [0.3, 0.4) is 0 Å². The first-order valence-corrected chi connectivity index (χ1v) is 7.66. The van der Waals surface area contributed by atoms with Crippen LogP contribution in [0.2, 0.25) is 0 Å². The molecule has 0 radical (unpaired) electrons. The normalized spacial score (nSPS) is 18.9. The van der Waals surface area contributed by atoms with E-state index in [1.807, 2.05) is 39.2 Å². The van der Waals surface area contributed by atoms with E-state index in [1.165, 1.54) is 5.56 Å². The molecule has 2 aromatic rings. The van der Waals surface area contributed by atoms with E-state index in [4.69, 9.17) is 11.6 Å². The molecule has 0 bridgehead atoms. The minimum absolute atomic E-state index is 0.0597. The lowest BCUT2D eigenvalue weighted by atomic mass is 9.92. The van der Waals surface area contributed by atoms with Gasteiger partial charge in [-0.05, 0) is 36.1 Å². The number of rotatable bonds is 2. The van der Waals surface area contributed by atoms with Gasteiger partial charge in [-0.25, -0.2) is 0 Å². The van der Waals surface area contributed by atoms with Crippen LogP contribution in [-0.4, -0.2) is 38.2 Å². The van der Waals surface area contributed by atoms with E-state index in [9.17, 15) is 5.11 Å². The summed E-state index contributed by atoms with van der Waals surface area (Å²) in [6.45, 7) is 2.94. The van der Waals surface area contributed by atoms with Gasteiger partial charge in [0.25, 0.3) is 0 Å². The number of fused-ring (bicyclic) bond motifs is 3. The van der Waals surface area contributed by atoms with Crippen LogP contribution in [-0.2, 0) is 0 Å². The summed E-state index contributed by atoms with van der Waals surface area (Å²) in [4.78, 5) is 4.26. The summed E-state index contributed by atoms with van der Waals surface area (Å²) in [6.07, 6.45) is 0. The van der Waals surface area contributed by atoms with Crippen molar-refractivity contribution in [1.82, 2.24) is 0 Å². The van der Waals surface area contributed by atoms with Crippen molar-refractivity contribution in [2.24, 2.45) is 0 Å². The number of hydrogen-bond donors (Lipinski definition) is 1. The lowest BCUT2D eigenvalue weighted by molar-refractivity contribution is 0.481. The standard InChI is InChI=1S/C17H21ClN2O/c1-10(18)14-9-20(4)15-8-16(21)12-6-5-11(19(2)3)7-13(12)17(14)15/h5-8,10,14,21H,9H2,1-4H3. The highest BCUT2D eigenvalue weighted by Crippen LogP contribution is 2.46. The van der Waals surface area contributed by atoms with E-state index < -0.39 is 0 Å². The zero-order valence-corrected chi connectivity index (χ0v) is 13.6. The Hall–Kier alpha value is -1.61. The molecule has 21 heavy (non-hydrogen) atoms. The second kappa shape index (κ2) is 4.99. The smallest absolute Gasteiger partial charge is 0.125 e. The Kier molecular flexibility index (Phi) is 3.40. The van der Waals surface area contributed by atoms with Gasteiger partial charge in [0.2, 0.25) is 0 Å². The number of nitrogens with zero attached hydrogens (tertiary/aromatic N) is 2. The fraction of sp³-hybridized carbons (Fsp3) is 0.412. The summed E-state index contributed by atoms with van der Waals surface area (Å²) in [5, 5.41) is 12.4. The maximum atomic E-state index is 10.3. The maximum absolute atomic E-state index is 10.3. The minimum Gasteiger partial charge on any atom is -0.507 e. The molecule has 1 aliphatic heterocycles. The van der Waals surface area contributed by atoms with Crippen LogP contribution in [0.4, 0.5) is 11.4 Å². The zero-order chi connectivity index (χ0) is 15.3. The first-order valence-electron chi connectivity index (χ1n) is 7.22. The predicted molar refractivity (Wildman–Crippen MR) is 91.3 cm³/mol. The van der Waals surface area contributed by atoms with Crippen LogP contribution in [0.5, 0.6) is 5.75 Å². The summed E-state index contributed by atoms with van der Waals surface area (Å²) < 4.78 is 0. The lowest BCUT2D eigenvalue weighted by Crippen LogP contribution is -2.19. The highest BCUT2D eigenvalue weighted by Gasteiger charge is 2.32. The van der Waals surface area contributed by atoms with Gasteiger partial charge in [0.1, 0.15) is 5.75 Å². The third-order valence-electron chi connectivity index (χ3n) is 4.44. The van der Waals surface area contributed by atoms with Crippen molar-refractivity contribution in [3.05, 3.63) is 29.8 Å². The van der Waals surface area contributed by atoms with Crippen molar-refractivity contribution in [1.29, 1.82) is 0 Å². The lowest BCUT2D eigenvalue weighted by Gasteiger charge is -2.18. The van der Waals surface area contributed by atoms with Gasteiger partial charge in [-0.1, -0.05) is 0 Å². The Labute approximate surface area is 130 Å². The van der Waals surface area contributed by atoms with Gasteiger partial charge in [-0.3, -0.25) is 0 Å². The summed E-state index contributed by atoms with van der Waals surface area (Å²) in [7, 11) is 6.11. The predicted octanol–water partition coefficient (Wildman–Crippen LogP) is 3.77. The van der Waals surface area contributed by atoms with E-state index in [0.29, 0.717) is 5.75 Å². The van der Waals surface area contributed by atoms with E-state index in [0.717, 1.165) is 28.7 Å². The molecule has 1 heterocycles.